The van der Waals surface area contributed by atoms with E-state index in [2.05, 4.69) is 52.9 Å². The molecule has 2 aliphatic rings. The summed E-state index contributed by atoms with van der Waals surface area (Å²) in [6.07, 6.45) is 9.60. The number of nitrogens with one attached hydrogen (secondary N) is 3. The maximum absolute atomic E-state index is 12.2. The van der Waals surface area contributed by atoms with Crippen molar-refractivity contribution < 1.29 is 9.59 Å². The molecule has 0 radical (unpaired) electrons. The fraction of sp³-hybridized carbons (Fsp3) is 0.586. The summed E-state index contributed by atoms with van der Waals surface area (Å²) in [5.41, 5.74) is 12.8. The maximum Gasteiger partial charge on any atom is 0.268 e. The quantitative estimate of drug-likeness (QED) is 0.176. The van der Waals surface area contributed by atoms with Gasteiger partial charge in [-0.25, -0.2) is 9.97 Å². The van der Waals surface area contributed by atoms with Gasteiger partial charge in [-0.3, -0.25) is 9.59 Å². The number of carbonyl (C=O) groups is 2. The van der Waals surface area contributed by atoms with Crippen molar-refractivity contribution in [3.63, 3.8) is 0 Å². The molecule has 0 bridgehead atoms. The van der Waals surface area contributed by atoms with E-state index in [0.717, 1.165) is 33.5 Å². The normalized spacial score (nSPS) is 18.6. The Hall–Kier alpha value is -2.27. The highest BCUT2D eigenvalue weighted by Gasteiger charge is 2.28. The first-order valence-corrected chi connectivity index (χ1v) is 15.7. The number of nitrogens with zero attached hydrogens (tertiary/aromatic N) is 2. The Labute approximate surface area is 249 Å². The molecule has 220 valence electrons. The molecule has 11 heteroatoms. The number of rotatable bonds is 3. The molecule has 1 amide bonds. The zero-order valence-electron chi connectivity index (χ0n) is 23.1. The van der Waals surface area contributed by atoms with Gasteiger partial charge in [0.2, 0.25) is 0 Å². The van der Waals surface area contributed by atoms with Crippen molar-refractivity contribution >= 4 is 66.1 Å². The predicted octanol–water partition coefficient (Wildman–Crippen LogP) is 7.88. The van der Waals surface area contributed by atoms with Crippen molar-refractivity contribution in [1.82, 2.24) is 25.3 Å². The number of fused-ring (bicyclic) bond motifs is 2. The molecule has 0 spiro atoms. The minimum absolute atomic E-state index is 0. The number of thiazole rings is 2. The second kappa shape index (κ2) is 13.6. The van der Waals surface area contributed by atoms with Crippen LogP contribution in [0, 0.1) is 10.8 Å². The van der Waals surface area contributed by atoms with Crippen LogP contribution in [0.4, 0.5) is 0 Å². The number of hydrogen-bond acceptors (Lipinski definition) is 7. The standard InChI is InChI=1S/C14H19N3OS.C8H17N.C6H3ClN2OS.CH4/c1-14(2)5-3-9(4-6-14)16-13(18)10-7-11-12(17-10)15-8-19-11;1-8(2)5-3-7(9)4-6-8;7-5(10)3-1-4-6(9-3)8-2-11-4;/h7-9,17H,3-6H2,1-2H3,(H,16,18);7H,3-6,9H2,1-2H3;1-2,9H;1H4. The Morgan fingerprint density at radius 2 is 1.32 bits per heavy atom. The van der Waals surface area contributed by atoms with Crippen molar-refractivity contribution in [2.75, 3.05) is 0 Å². The van der Waals surface area contributed by atoms with E-state index in [4.69, 9.17) is 17.3 Å². The van der Waals surface area contributed by atoms with E-state index in [-0.39, 0.29) is 13.3 Å². The van der Waals surface area contributed by atoms with Gasteiger partial charge in [-0.05, 0) is 85.9 Å². The fourth-order valence-corrected chi connectivity index (χ4v) is 6.40. The van der Waals surface area contributed by atoms with E-state index in [9.17, 15) is 9.59 Å². The third kappa shape index (κ3) is 8.86. The first-order valence-electron chi connectivity index (χ1n) is 13.5. The van der Waals surface area contributed by atoms with E-state index < -0.39 is 5.24 Å². The molecule has 2 aliphatic carbocycles. The summed E-state index contributed by atoms with van der Waals surface area (Å²) in [7, 11) is 0. The van der Waals surface area contributed by atoms with Crippen molar-refractivity contribution in [1.29, 1.82) is 0 Å². The highest BCUT2D eigenvalue weighted by atomic mass is 35.5. The zero-order valence-corrected chi connectivity index (χ0v) is 25.5. The Kier molecular flexibility index (Phi) is 11.0. The van der Waals surface area contributed by atoms with Gasteiger partial charge >= 0.3 is 0 Å². The van der Waals surface area contributed by atoms with Gasteiger partial charge in [0.05, 0.1) is 20.4 Å². The molecule has 4 heterocycles. The Morgan fingerprint density at radius 3 is 1.77 bits per heavy atom. The maximum atomic E-state index is 12.2. The van der Waals surface area contributed by atoms with Crippen LogP contribution in [0.5, 0.6) is 0 Å². The number of H-pyrrole nitrogens is 2. The van der Waals surface area contributed by atoms with E-state index in [1.807, 2.05) is 6.07 Å². The Bertz CT molecular complexity index is 1320. The average Bonchev–Trinajstić information content (AvgIpc) is 3.64. The molecule has 2 fully saturated rings. The smallest absolute Gasteiger partial charge is 0.268 e. The van der Waals surface area contributed by atoms with Crippen LogP contribution in [0.25, 0.3) is 20.7 Å². The number of nitrogens with two attached hydrogens (primary N) is 1. The van der Waals surface area contributed by atoms with Gasteiger partial charge in [0.25, 0.3) is 11.1 Å². The molecular formula is C29H43ClN6O2S2. The molecule has 0 aliphatic heterocycles. The van der Waals surface area contributed by atoms with E-state index in [1.54, 1.807) is 28.4 Å². The van der Waals surface area contributed by atoms with Crippen molar-refractivity contribution in [3.8, 4) is 0 Å². The van der Waals surface area contributed by atoms with Gasteiger partial charge in [0, 0.05) is 12.1 Å². The number of amides is 1. The molecule has 0 saturated heterocycles. The minimum atomic E-state index is -0.477. The molecule has 8 nitrogen and oxygen atoms in total. The molecular weight excluding hydrogens is 564 g/mol. The number of carbonyl (C=O) groups excluding carboxylic acids is 2. The van der Waals surface area contributed by atoms with Crippen molar-refractivity contribution in [3.05, 3.63) is 34.5 Å². The van der Waals surface area contributed by atoms with Crippen LogP contribution in [0.15, 0.2) is 23.2 Å². The van der Waals surface area contributed by atoms with E-state index in [1.165, 1.54) is 49.9 Å². The molecule has 0 aromatic carbocycles. The molecule has 5 N–H and O–H groups in total. The summed E-state index contributed by atoms with van der Waals surface area (Å²) in [6.45, 7) is 9.27. The topological polar surface area (TPSA) is 130 Å². The lowest BCUT2D eigenvalue weighted by atomic mass is 9.75. The van der Waals surface area contributed by atoms with Gasteiger partial charge in [0.15, 0.2) is 0 Å². The largest absolute Gasteiger partial charge is 0.348 e. The zero-order chi connectivity index (χ0) is 28.2. The molecule has 40 heavy (non-hydrogen) atoms. The summed E-state index contributed by atoms with van der Waals surface area (Å²) in [5, 5.41) is 2.65. The summed E-state index contributed by atoms with van der Waals surface area (Å²) in [5.74, 6) is -0.00472. The first-order chi connectivity index (χ1) is 18.4. The van der Waals surface area contributed by atoms with E-state index >= 15 is 0 Å². The van der Waals surface area contributed by atoms with Gasteiger partial charge in [0.1, 0.15) is 22.7 Å². The predicted molar refractivity (Wildman–Crippen MR) is 169 cm³/mol. The number of aromatic nitrogens is 4. The SMILES string of the molecule is C.CC1(C)CCC(N)CC1.CC1(C)CCC(NC(=O)c2cc3scnc3[nH]2)CC1.O=C(Cl)c1cc2scnc2[nH]1. The van der Waals surface area contributed by atoms with Gasteiger partial charge in [-0.15, -0.1) is 22.7 Å². The van der Waals surface area contributed by atoms with Crippen LogP contribution in [-0.4, -0.2) is 43.2 Å². The highest BCUT2D eigenvalue weighted by Crippen LogP contribution is 2.35. The van der Waals surface area contributed by atoms with Crippen molar-refractivity contribution in [2.45, 2.75) is 98.6 Å². The van der Waals surface area contributed by atoms with Crippen LogP contribution in [-0.2, 0) is 0 Å². The molecule has 0 unspecified atom stereocenters. The molecule has 4 aromatic rings. The highest BCUT2D eigenvalue weighted by molar-refractivity contribution is 7.17. The lowest BCUT2D eigenvalue weighted by Crippen LogP contribution is -2.39. The Morgan fingerprint density at radius 1 is 0.875 bits per heavy atom. The summed E-state index contributed by atoms with van der Waals surface area (Å²) >= 11 is 8.26. The third-order valence-electron chi connectivity index (χ3n) is 7.76. The first kappa shape index (κ1) is 32.2. The Balaban J connectivity index is 0.000000179. The average molecular weight is 607 g/mol. The number of aromatic amines is 2. The fourth-order valence-electron chi connectivity index (χ4n) is 4.95. The molecule has 2 saturated carbocycles. The van der Waals surface area contributed by atoms with Crippen molar-refractivity contribution in [2.24, 2.45) is 16.6 Å². The minimum Gasteiger partial charge on any atom is -0.348 e. The van der Waals surface area contributed by atoms with E-state index in [0.29, 0.717) is 34.3 Å². The van der Waals surface area contributed by atoms with Gasteiger partial charge in [-0.2, -0.15) is 0 Å². The lowest BCUT2D eigenvalue weighted by Gasteiger charge is -2.34. The molecule has 0 atom stereocenters. The van der Waals surface area contributed by atoms with Gasteiger partial charge < -0.3 is 21.0 Å². The molecule has 6 rings (SSSR count). The summed E-state index contributed by atoms with van der Waals surface area (Å²) in [4.78, 5) is 36.8. The van der Waals surface area contributed by atoms with Crippen LogP contribution in [0.3, 0.4) is 0 Å². The third-order valence-corrected chi connectivity index (χ3v) is 9.52. The monoisotopic (exact) mass is 606 g/mol. The number of halogens is 1. The van der Waals surface area contributed by atoms with Gasteiger partial charge in [-0.1, -0.05) is 35.1 Å². The molecule has 4 aromatic heterocycles. The van der Waals surface area contributed by atoms with Crippen LogP contribution in [0.1, 0.15) is 107 Å². The number of hydrogen-bond donors (Lipinski definition) is 4. The van der Waals surface area contributed by atoms with Crippen LogP contribution < -0.4 is 11.1 Å². The second-order valence-electron chi connectivity index (χ2n) is 12.2. The summed E-state index contributed by atoms with van der Waals surface area (Å²) in [6, 6.07) is 4.39. The second-order valence-corrected chi connectivity index (χ2v) is 14.3. The van der Waals surface area contributed by atoms with Crippen LogP contribution in [0.2, 0.25) is 0 Å². The summed E-state index contributed by atoms with van der Waals surface area (Å²) < 4.78 is 1.99. The van der Waals surface area contributed by atoms with Crippen LogP contribution >= 0.6 is 34.3 Å². The lowest BCUT2D eigenvalue weighted by molar-refractivity contribution is 0.0904.